The molecule has 0 radical (unpaired) electrons. The predicted octanol–water partition coefficient (Wildman–Crippen LogP) is 4.04. The molecular weight excluding hydrogens is 188 g/mol. The minimum Gasteiger partial charge on any atom is -0.491 e. The van der Waals surface area contributed by atoms with Crippen molar-refractivity contribution in [1.29, 1.82) is 0 Å². The molecule has 0 fully saturated rings. The van der Waals surface area contributed by atoms with Crippen molar-refractivity contribution in [2.75, 3.05) is 0 Å². The second kappa shape index (κ2) is 4.22. The molecule has 1 aromatic heterocycles. The third-order valence-corrected chi connectivity index (χ3v) is 2.26. The number of para-hydroxylation sites is 1. The molecule has 15 heavy (non-hydrogen) atoms. The molecule has 0 spiro atoms. The number of ether oxygens (including phenoxy) is 1. The van der Waals surface area contributed by atoms with Gasteiger partial charge in [0.15, 0.2) is 6.10 Å². The Morgan fingerprint density at radius 1 is 1.33 bits per heavy atom. The summed E-state index contributed by atoms with van der Waals surface area (Å²) >= 11 is 0. The van der Waals surface area contributed by atoms with E-state index < -0.39 is 0 Å². The number of fused-ring (bicyclic) bond motifs is 1. The van der Waals surface area contributed by atoms with Crippen molar-refractivity contribution >= 4 is 11.0 Å². The van der Waals surface area contributed by atoms with E-state index in [1.807, 2.05) is 50.3 Å². The maximum atomic E-state index is 5.67. The van der Waals surface area contributed by atoms with Gasteiger partial charge in [-0.1, -0.05) is 24.3 Å². The van der Waals surface area contributed by atoms with E-state index in [1.54, 1.807) is 6.26 Å². The molecule has 78 valence electrons. The maximum Gasteiger partial charge on any atom is 0.152 e. The molecule has 0 N–H and O–H groups in total. The first kappa shape index (κ1) is 9.84. The highest BCUT2D eigenvalue weighted by Gasteiger charge is 2.10. The van der Waals surface area contributed by atoms with E-state index >= 15 is 0 Å². The van der Waals surface area contributed by atoms with Crippen LogP contribution in [0.3, 0.4) is 0 Å². The second-order valence-corrected chi connectivity index (χ2v) is 3.43. The molecule has 0 aliphatic heterocycles. The molecule has 1 unspecified atom stereocenters. The van der Waals surface area contributed by atoms with Crippen LogP contribution >= 0.6 is 0 Å². The third kappa shape index (κ3) is 2.04. The van der Waals surface area contributed by atoms with Crippen molar-refractivity contribution < 1.29 is 9.15 Å². The van der Waals surface area contributed by atoms with E-state index in [4.69, 9.17) is 9.15 Å². The van der Waals surface area contributed by atoms with Crippen LogP contribution < -0.4 is 0 Å². The Kier molecular flexibility index (Phi) is 2.77. The smallest absolute Gasteiger partial charge is 0.152 e. The summed E-state index contributed by atoms with van der Waals surface area (Å²) in [6, 6.07) is 9.97. The van der Waals surface area contributed by atoms with Crippen LogP contribution in [0.4, 0.5) is 0 Å². The van der Waals surface area contributed by atoms with Crippen molar-refractivity contribution in [2.24, 2.45) is 0 Å². The summed E-state index contributed by atoms with van der Waals surface area (Å²) in [6.45, 7) is 3.89. The maximum absolute atomic E-state index is 5.67. The molecule has 0 bridgehead atoms. The molecule has 1 heterocycles. The predicted molar refractivity (Wildman–Crippen MR) is 60.5 cm³/mol. The molecule has 0 aliphatic rings. The molecule has 0 saturated carbocycles. The van der Waals surface area contributed by atoms with Gasteiger partial charge in [0.1, 0.15) is 11.3 Å². The number of allylic oxidation sites excluding steroid dienone is 1. The largest absolute Gasteiger partial charge is 0.491 e. The fraction of sp³-hybridized carbons (Fsp3) is 0.231. The van der Waals surface area contributed by atoms with E-state index in [2.05, 4.69) is 0 Å². The lowest BCUT2D eigenvalue weighted by Crippen LogP contribution is -1.91. The summed E-state index contributed by atoms with van der Waals surface area (Å²) in [5.74, 6) is 0.856. The van der Waals surface area contributed by atoms with Crippen molar-refractivity contribution in [3.63, 3.8) is 0 Å². The van der Waals surface area contributed by atoms with Gasteiger partial charge in [-0.25, -0.2) is 0 Å². The van der Waals surface area contributed by atoms with Crippen LogP contribution in [0, 0.1) is 0 Å². The Labute approximate surface area is 89.2 Å². The summed E-state index contributed by atoms with van der Waals surface area (Å²) in [5.41, 5.74) is 0.906. The summed E-state index contributed by atoms with van der Waals surface area (Å²) in [7, 11) is 0. The van der Waals surface area contributed by atoms with E-state index in [0.29, 0.717) is 0 Å². The fourth-order valence-corrected chi connectivity index (χ4v) is 1.47. The Morgan fingerprint density at radius 3 is 2.87 bits per heavy atom. The number of rotatable bonds is 3. The molecule has 0 saturated heterocycles. The Hall–Kier alpha value is -1.70. The SMILES string of the molecule is CC=COC(C)c1cc2ccccc2o1. The van der Waals surface area contributed by atoms with Crippen LogP contribution in [0.1, 0.15) is 25.7 Å². The van der Waals surface area contributed by atoms with Crippen molar-refractivity contribution in [1.82, 2.24) is 0 Å². The van der Waals surface area contributed by atoms with Gasteiger partial charge < -0.3 is 9.15 Å². The van der Waals surface area contributed by atoms with E-state index in [9.17, 15) is 0 Å². The van der Waals surface area contributed by atoms with Crippen molar-refractivity contribution in [2.45, 2.75) is 20.0 Å². The lowest BCUT2D eigenvalue weighted by Gasteiger charge is -2.06. The van der Waals surface area contributed by atoms with Crippen molar-refractivity contribution in [3.05, 3.63) is 48.4 Å². The molecule has 2 aromatic rings. The van der Waals surface area contributed by atoms with Gasteiger partial charge in [0.05, 0.1) is 6.26 Å². The molecule has 0 aliphatic carbocycles. The highest BCUT2D eigenvalue weighted by molar-refractivity contribution is 5.77. The van der Waals surface area contributed by atoms with Crippen LogP contribution in [-0.4, -0.2) is 0 Å². The Balaban J connectivity index is 2.28. The molecule has 0 amide bonds. The van der Waals surface area contributed by atoms with Crippen LogP contribution in [0.2, 0.25) is 0 Å². The van der Waals surface area contributed by atoms with Gasteiger partial charge in [-0.2, -0.15) is 0 Å². The standard InChI is InChI=1S/C13H14O2/c1-3-8-14-10(2)13-9-11-6-4-5-7-12(11)15-13/h3-10H,1-2H3. The molecular formula is C13H14O2. The molecule has 1 atom stereocenters. The number of benzene rings is 1. The summed E-state index contributed by atoms with van der Waals surface area (Å²) in [4.78, 5) is 0. The summed E-state index contributed by atoms with van der Waals surface area (Å²) in [5, 5.41) is 1.11. The normalized spacial score (nSPS) is 13.5. The first-order valence-electron chi connectivity index (χ1n) is 5.06. The van der Waals surface area contributed by atoms with Gasteiger partial charge in [0, 0.05) is 5.39 Å². The zero-order valence-electron chi connectivity index (χ0n) is 8.94. The second-order valence-electron chi connectivity index (χ2n) is 3.43. The van der Waals surface area contributed by atoms with E-state index in [1.165, 1.54) is 0 Å². The molecule has 2 heteroatoms. The zero-order chi connectivity index (χ0) is 10.7. The minimum atomic E-state index is -0.0476. The van der Waals surface area contributed by atoms with E-state index in [-0.39, 0.29) is 6.10 Å². The first-order chi connectivity index (χ1) is 7.31. The highest BCUT2D eigenvalue weighted by Crippen LogP contribution is 2.25. The van der Waals surface area contributed by atoms with Crippen LogP contribution in [0.5, 0.6) is 0 Å². The van der Waals surface area contributed by atoms with Crippen LogP contribution in [-0.2, 0) is 4.74 Å². The topological polar surface area (TPSA) is 22.4 Å². The summed E-state index contributed by atoms with van der Waals surface area (Å²) in [6.07, 6.45) is 3.49. The van der Waals surface area contributed by atoms with E-state index in [0.717, 1.165) is 16.7 Å². The van der Waals surface area contributed by atoms with Gasteiger partial charge in [-0.05, 0) is 26.0 Å². The van der Waals surface area contributed by atoms with Gasteiger partial charge in [-0.15, -0.1) is 0 Å². The average Bonchev–Trinajstić information content (AvgIpc) is 2.69. The lowest BCUT2D eigenvalue weighted by molar-refractivity contribution is 0.142. The average molecular weight is 202 g/mol. The van der Waals surface area contributed by atoms with Crippen molar-refractivity contribution in [3.8, 4) is 0 Å². The molecule has 2 nitrogen and oxygen atoms in total. The van der Waals surface area contributed by atoms with Gasteiger partial charge >= 0.3 is 0 Å². The zero-order valence-corrected chi connectivity index (χ0v) is 8.94. The third-order valence-electron chi connectivity index (χ3n) is 2.26. The van der Waals surface area contributed by atoms with Crippen LogP contribution in [0.25, 0.3) is 11.0 Å². The summed E-state index contributed by atoms with van der Waals surface area (Å²) < 4.78 is 11.1. The molecule has 2 rings (SSSR count). The quantitative estimate of drug-likeness (QED) is 0.701. The fourth-order valence-electron chi connectivity index (χ4n) is 1.47. The Bertz CT molecular complexity index is 435. The number of furan rings is 1. The van der Waals surface area contributed by atoms with Crippen LogP contribution in [0.15, 0.2) is 47.1 Å². The number of hydrogen-bond donors (Lipinski definition) is 0. The van der Waals surface area contributed by atoms with Gasteiger partial charge in [-0.3, -0.25) is 0 Å². The lowest BCUT2D eigenvalue weighted by atomic mass is 10.2. The van der Waals surface area contributed by atoms with Gasteiger partial charge in [0.25, 0.3) is 0 Å². The first-order valence-corrected chi connectivity index (χ1v) is 5.06. The number of hydrogen-bond acceptors (Lipinski definition) is 2. The monoisotopic (exact) mass is 202 g/mol. The Morgan fingerprint density at radius 2 is 2.13 bits per heavy atom. The molecule has 1 aromatic carbocycles. The highest BCUT2D eigenvalue weighted by atomic mass is 16.5. The minimum absolute atomic E-state index is 0.0476. The van der Waals surface area contributed by atoms with Gasteiger partial charge in [0.2, 0.25) is 0 Å².